The van der Waals surface area contributed by atoms with Gasteiger partial charge in [0.05, 0.1) is 15.6 Å². The summed E-state index contributed by atoms with van der Waals surface area (Å²) >= 11 is 12.1. The fourth-order valence-electron chi connectivity index (χ4n) is 2.41. The summed E-state index contributed by atoms with van der Waals surface area (Å²) in [4.78, 5) is 4.29. The minimum Gasteiger partial charge on any atom is -0.236 e. The highest BCUT2D eigenvalue weighted by atomic mass is 35.5. The van der Waals surface area contributed by atoms with Crippen molar-refractivity contribution < 1.29 is 13.2 Å². The van der Waals surface area contributed by atoms with Crippen molar-refractivity contribution in [1.82, 2.24) is 9.78 Å². The number of hydrogen-bond acceptors (Lipinski definition) is 3. The van der Waals surface area contributed by atoms with Gasteiger partial charge in [-0.05, 0) is 24.6 Å². The third-order valence-corrected chi connectivity index (χ3v) is 4.36. The summed E-state index contributed by atoms with van der Waals surface area (Å²) in [5.41, 5.74) is 0.916. The molecule has 1 heterocycles. The molecule has 1 aromatic heterocycles. The smallest absolute Gasteiger partial charge is 0.236 e. The number of halogens is 5. The number of rotatable bonds is 3. The molecule has 0 fully saturated rings. The Balaban J connectivity index is 2.09. The van der Waals surface area contributed by atoms with Crippen molar-refractivity contribution in [3.63, 3.8) is 0 Å². The minimum atomic E-state index is -4.60. The largest absolute Gasteiger partial charge is 0.416 e. The van der Waals surface area contributed by atoms with Crippen molar-refractivity contribution in [3.05, 3.63) is 74.9 Å². The maximum absolute atomic E-state index is 13.0. The molecule has 142 valence electrons. The zero-order valence-electron chi connectivity index (χ0n) is 14.3. The third-order valence-electron chi connectivity index (χ3n) is 3.78. The molecule has 28 heavy (non-hydrogen) atoms. The van der Waals surface area contributed by atoms with Gasteiger partial charge in [-0.25, -0.2) is 9.67 Å². The number of alkyl halides is 3. The molecule has 2 aromatic carbocycles. The molecule has 0 radical (unpaired) electrons. The average Bonchev–Trinajstić information content (AvgIpc) is 3.03. The summed E-state index contributed by atoms with van der Waals surface area (Å²) in [7, 11) is 0. The van der Waals surface area contributed by atoms with Crippen molar-refractivity contribution in [2.75, 3.05) is 0 Å². The molecule has 0 bridgehead atoms. The molecule has 0 atom stereocenters. The van der Waals surface area contributed by atoms with Gasteiger partial charge in [-0.15, -0.1) is 0 Å². The van der Waals surface area contributed by atoms with E-state index in [2.05, 4.69) is 10.1 Å². The predicted molar refractivity (Wildman–Crippen MR) is 102 cm³/mol. The van der Waals surface area contributed by atoms with E-state index in [0.29, 0.717) is 0 Å². The van der Waals surface area contributed by atoms with E-state index >= 15 is 0 Å². The van der Waals surface area contributed by atoms with Gasteiger partial charge in [0.25, 0.3) is 0 Å². The minimum absolute atomic E-state index is 0.00823. The first-order valence-electron chi connectivity index (χ1n) is 7.86. The van der Waals surface area contributed by atoms with Crippen LogP contribution >= 0.6 is 23.2 Å². The first-order chi connectivity index (χ1) is 13.2. The van der Waals surface area contributed by atoms with Gasteiger partial charge in [0, 0.05) is 12.3 Å². The number of benzene rings is 2. The van der Waals surface area contributed by atoms with E-state index in [1.807, 2.05) is 37.3 Å². The van der Waals surface area contributed by atoms with E-state index in [4.69, 9.17) is 28.5 Å². The van der Waals surface area contributed by atoms with Crippen LogP contribution in [-0.2, 0) is 6.18 Å². The molecule has 4 nitrogen and oxygen atoms in total. The number of nitrogens with zero attached hydrogens (tertiary/aromatic N) is 4. The number of aromatic nitrogens is 2. The number of nitriles is 1. The van der Waals surface area contributed by atoms with Crippen LogP contribution in [0.1, 0.15) is 22.4 Å². The summed E-state index contributed by atoms with van der Waals surface area (Å²) in [5, 5.41) is 12.6. The highest BCUT2D eigenvalue weighted by molar-refractivity contribution is 6.38. The Kier molecular flexibility index (Phi) is 5.45. The normalized spacial score (nSPS) is 11.8. The Hall–Kier alpha value is -2.82. The van der Waals surface area contributed by atoms with E-state index in [-0.39, 0.29) is 27.2 Å². The third kappa shape index (κ3) is 4.19. The predicted octanol–water partition coefficient (Wildman–Crippen LogP) is 6.13. The van der Waals surface area contributed by atoms with Crippen LogP contribution in [0.5, 0.6) is 0 Å². The van der Waals surface area contributed by atoms with Crippen LogP contribution < -0.4 is 0 Å². The molecule has 0 unspecified atom stereocenters. The van der Waals surface area contributed by atoms with Crippen molar-refractivity contribution in [3.8, 4) is 11.8 Å². The second kappa shape index (κ2) is 7.66. The van der Waals surface area contributed by atoms with Crippen molar-refractivity contribution >= 4 is 35.2 Å². The van der Waals surface area contributed by atoms with Crippen LogP contribution in [0.3, 0.4) is 0 Å². The van der Waals surface area contributed by atoms with Crippen LogP contribution in [-0.4, -0.2) is 16.0 Å². The maximum Gasteiger partial charge on any atom is 0.416 e. The number of aliphatic imine (C=N–C) groups is 1. The molecule has 0 aliphatic carbocycles. The Morgan fingerprint density at radius 3 is 2.25 bits per heavy atom. The Morgan fingerprint density at radius 1 is 1.11 bits per heavy atom. The van der Waals surface area contributed by atoms with Gasteiger partial charge in [-0.2, -0.15) is 23.5 Å². The van der Waals surface area contributed by atoms with Gasteiger partial charge in [-0.1, -0.05) is 53.0 Å². The number of hydrogen-bond donors (Lipinski definition) is 0. The van der Waals surface area contributed by atoms with Crippen LogP contribution in [0.2, 0.25) is 10.0 Å². The molecular weight excluding hydrogens is 412 g/mol. The molecule has 9 heteroatoms. The fourth-order valence-corrected chi connectivity index (χ4v) is 3.05. The fraction of sp³-hybridized carbons (Fsp3) is 0.105. The van der Waals surface area contributed by atoms with Crippen LogP contribution in [0, 0.1) is 18.3 Å². The van der Waals surface area contributed by atoms with Crippen LogP contribution in [0.15, 0.2) is 47.5 Å². The van der Waals surface area contributed by atoms with Gasteiger partial charge in [0.1, 0.15) is 11.8 Å². The topological polar surface area (TPSA) is 54.0 Å². The van der Waals surface area contributed by atoms with Gasteiger partial charge < -0.3 is 0 Å². The SMILES string of the molecule is Cc1ccc(/C=N/c2cc(C#N)nn2-c2c(Cl)cc(C(F)(F)F)cc2Cl)cc1. The molecule has 3 aromatic rings. The molecule has 0 N–H and O–H groups in total. The highest BCUT2D eigenvalue weighted by Crippen LogP contribution is 2.38. The van der Waals surface area contributed by atoms with Gasteiger partial charge in [0.15, 0.2) is 11.5 Å². The molecular formula is C19H11Cl2F3N4. The molecule has 0 amide bonds. The maximum atomic E-state index is 13.0. The Morgan fingerprint density at radius 2 is 1.71 bits per heavy atom. The average molecular weight is 423 g/mol. The summed E-state index contributed by atoms with van der Waals surface area (Å²) in [6.07, 6.45) is -3.06. The highest BCUT2D eigenvalue weighted by Gasteiger charge is 2.32. The lowest BCUT2D eigenvalue weighted by atomic mass is 10.2. The summed E-state index contributed by atoms with van der Waals surface area (Å²) < 4.78 is 40.0. The van der Waals surface area contributed by atoms with E-state index in [1.165, 1.54) is 6.07 Å². The van der Waals surface area contributed by atoms with Crippen molar-refractivity contribution in [2.24, 2.45) is 4.99 Å². The lowest BCUT2D eigenvalue weighted by molar-refractivity contribution is -0.137. The standard InChI is InChI=1S/C19H11Cl2F3N4/c1-11-2-4-12(5-3-11)10-26-17-8-14(9-25)27-28(17)18-15(20)6-13(7-16(18)21)19(22,23)24/h2-8,10H,1H3/b26-10+. The summed E-state index contributed by atoms with van der Waals surface area (Å²) in [5.74, 6) is 0.195. The summed E-state index contributed by atoms with van der Waals surface area (Å²) in [6.45, 7) is 1.95. The zero-order valence-corrected chi connectivity index (χ0v) is 15.8. The van der Waals surface area contributed by atoms with Gasteiger partial charge in [-0.3, -0.25) is 0 Å². The second-order valence-corrected chi connectivity index (χ2v) is 6.68. The Bertz CT molecular complexity index is 1070. The van der Waals surface area contributed by atoms with Crippen LogP contribution in [0.4, 0.5) is 19.0 Å². The van der Waals surface area contributed by atoms with E-state index in [9.17, 15) is 13.2 Å². The molecule has 0 aliphatic rings. The van der Waals surface area contributed by atoms with Crippen LogP contribution in [0.25, 0.3) is 5.69 Å². The molecule has 3 rings (SSSR count). The van der Waals surface area contributed by atoms with E-state index < -0.39 is 11.7 Å². The lowest BCUT2D eigenvalue weighted by Crippen LogP contribution is -2.07. The zero-order chi connectivity index (χ0) is 20.5. The molecule has 0 saturated heterocycles. The summed E-state index contributed by atoms with van der Waals surface area (Å²) in [6, 6.07) is 12.3. The van der Waals surface area contributed by atoms with Crippen molar-refractivity contribution in [1.29, 1.82) is 5.26 Å². The van der Waals surface area contributed by atoms with E-state index in [1.54, 1.807) is 6.21 Å². The first kappa shape index (κ1) is 19.9. The van der Waals surface area contributed by atoms with Gasteiger partial charge >= 0.3 is 6.18 Å². The Labute approximate surface area is 168 Å². The molecule has 0 saturated carbocycles. The molecule has 0 aliphatic heterocycles. The monoisotopic (exact) mass is 422 g/mol. The number of aryl methyl sites for hydroxylation is 1. The van der Waals surface area contributed by atoms with Gasteiger partial charge in [0.2, 0.25) is 0 Å². The molecule has 0 spiro atoms. The van der Waals surface area contributed by atoms with Crippen molar-refractivity contribution in [2.45, 2.75) is 13.1 Å². The second-order valence-electron chi connectivity index (χ2n) is 5.87. The van der Waals surface area contributed by atoms with E-state index in [0.717, 1.165) is 27.9 Å². The lowest BCUT2D eigenvalue weighted by Gasteiger charge is -2.13. The first-order valence-corrected chi connectivity index (χ1v) is 8.62. The quantitative estimate of drug-likeness (QED) is 0.476.